The van der Waals surface area contributed by atoms with Crippen LogP contribution in [0.25, 0.3) is 0 Å². The molecule has 0 atom stereocenters. The van der Waals surface area contributed by atoms with E-state index < -0.39 is 0 Å². The molecule has 0 spiro atoms. The lowest BCUT2D eigenvalue weighted by Crippen LogP contribution is -1.95. The lowest BCUT2D eigenvalue weighted by Gasteiger charge is -1.89. The Morgan fingerprint density at radius 2 is 1.35 bits per heavy atom. The van der Waals surface area contributed by atoms with Crippen molar-refractivity contribution >= 4 is 5.97 Å². The molecule has 0 saturated carbocycles. The Morgan fingerprint density at radius 3 is 1.41 bits per heavy atom. The van der Waals surface area contributed by atoms with E-state index in [9.17, 15) is 4.79 Å². The summed E-state index contributed by atoms with van der Waals surface area (Å²) in [5.74, 6) is -0.211. The first-order valence-electron chi connectivity index (χ1n) is 6.84. The zero-order valence-electron chi connectivity index (χ0n) is 12.4. The molecular weight excluding hydrogens is 216 g/mol. The van der Waals surface area contributed by atoms with Crippen molar-refractivity contribution in [2.45, 2.75) is 73.1 Å². The molecule has 0 saturated heterocycles. The third kappa shape index (κ3) is 50.4. The summed E-state index contributed by atoms with van der Waals surface area (Å²) < 4.78 is 4.40. The molecule has 0 aromatic carbocycles. The fraction of sp³-hybridized carbons (Fsp3) is 0.929. The minimum absolute atomic E-state index is 0.211. The highest BCUT2D eigenvalue weighted by Crippen LogP contribution is 1.95. The van der Waals surface area contributed by atoms with Crippen LogP contribution in [-0.2, 0) is 9.53 Å². The molecule has 0 amide bonds. The number of hydrogen-bond acceptors (Lipinski definition) is 3. The van der Waals surface area contributed by atoms with Gasteiger partial charge in [0, 0.05) is 13.5 Å². The van der Waals surface area contributed by atoms with Gasteiger partial charge in [-0.2, -0.15) is 0 Å². The van der Waals surface area contributed by atoms with Gasteiger partial charge in [-0.1, -0.05) is 52.9 Å². The quantitative estimate of drug-likeness (QED) is 0.572. The minimum atomic E-state index is -0.211. The Hall–Kier alpha value is -0.570. The SMILES string of the molecule is CCCCCC.CCCCO.CCOC(C)=O. The number of aliphatic hydroxyl groups excluding tert-OH is 1. The van der Waals surface area contributed by atoms with Crippen molar-refractivity contribution in [1.82, 2.24) is 0 Å². The first-order valence-corrected chi connectivity index (χ1v) is 6.84. The van der Waals surface area contributed by atoms with Crippen molar-refractivity contribution in [2.24, 2.45) is 0 Å². The Morgan fingerprint density at radius 1 is 0.941 bits per heavy atom. The van der Waals surface area contributed by atoms with Crippen molar-refractivity contribution in [3.63, 3.8) is 0 Å². The molecule has 0 rings (SSSR count). The summed E-state index contributed by atoms with van der Waals surface area (Å²) in [6.45, 7) is 10.5. The highest BCUT2D eigenvalue weighted by Gasteiger charge is 1.81. The van der Waals surface area contributed by atoms with Gasteiger partial charge in [0.15, 0.2) is 0 Å². The zero-order valence-corrected chi connectivity index (χ0v) is 12.4. The van der Waals surface area contributed by atoms with E-state index in [-0.39, 0.29) is 5.97 Å². The third-order valence-electron chi connectivity index (χ3n) is 1.82. The van der Waals surface area contributed by atoms with Gasteiger partial charge >= 0.3 is 5.97 Å². The Kier molecular flexibility index (Phi) is 31.4. The van der Waals surface area contributed by atoms with Gasteiger partial charge in [-0.3, -0.25) is 4.79 Å². The molecule has 0 aromatic heterocycles. The zero-order chi connectivity index (χ0) is 13.9. The molecule has 3 heteroatoms. The summed E-state index contributed by atoms with van der Waals surface area (Å²) in [5.41, 5.74) is 0. The number of ether oxygens (including phenoxy) is 1. The first-order chi connectivity index (χ1) is 8.10. The smallest absolute Gasteiger partial charge is 0.302 e. The van der Waals surface area contributed by atoms with E-state index >= 15 is 0 Å². The van der Waals surface area contributed by atoms with E-state index in [0.717, 1.165) is 12.8 Å². The lowest BCUT2D eigenvalue weighted by atomic mass is 10.2. The predicted molar refractivity (Wildman–Crippen MR) is 74.1 cm³/mol. The second-order valence-corrected chi connectivity index (χ2v) is 3.71. The van der Waals surface area contributed by atoms with Crippen LogP contribution < -0.4 is 0 Å². The summed E-state index contributed by atoms with van der Waals surface area (Å²) in [6, 6.07) is 0. The molecule has 106 valence electrons. The summed E-state index contributed by atoms with van der Waals surface area (Å²) in [4.78, 5) is 9.82. The predicted octanol–water partition coefficient (Wildman–Crippen LogP) is 3.93. The van der Waals surface area contributed by atoms with Crippen molar-refractivity contribution in [3.05, 3.63) is 0 Å². The average Bonchev–Trinajstić information content (AvgIpc) is 2.29. The van der Waals surface area contributed by atoms with Gasteiger partial charge in [-0.05, 0) is 13.3 Å². The Balaban J connectivity index is -0.000000174. The van der Waals surface area contributed by atoms with Crippen LogP contribution in [0.3, 0.4) is 0 Å². The summed E-state index contributed by atoms with van der Waals surface area (Å²) >= 11 is 0. The van der Waals surface area contributed by atoms with Gasteiger partial charge < -0.3 is 9.84 Å². The molecular formula is C14H32O3. The number of carbonyl (C=O) groups is 1. The second-order valence-electron chi connectivity index (χ2n) is 3.71. The highest BCUT2D eigenvalue weighted by molar-refractivity contribution is 5.65. The molecule has 0 aliphatic rings. The Labute approximate surface area is 108 Å². The number of rotatable bonds is 6. The second kappa shape index (κ2) is 24.6. The molecule has 3 nitrogen and oxygen atoms in total. The molecule has 1 N–H and O–H groups in total. The van der Waals surface area contributed by atoms with E-state index in [0.29, 0.717) is 13.2 Å². The molecule has 0 aliphatic heterocycles. The van der Waals surface area contributed by atoms with E-state index in [1.165, 1.54) is 32.6 Å². The summed E-state index contributed by atoms with van der Waals surface area (Å²) in [7, 11) is 0. The number of esters is 1. The van der Waals surface area contributed by atoms with E-state index in [1.807, 2.05) is 0 Å². The molecule has 0 bridgehead atoms. The van der Waals surface area contributed by atoms with Crippen LogP contribution >= 0.6 is 0 Å². The standard InChI is InChI=1S/C6H14.C4H8O2.C4H10O/c1-3-5-6-4-2;1-3-6-4(2)5;1-2-3-4-5/h3-6H2,1-2H3;3H2,1-2H3;5H,2-4H2,1H3. The fourth-order valence-electron chi connectivity index (χ4n) is 0.861. The average molecular weight is 248 g/mol. The number of carbonyl (C=O) groups excluding carboxylic acids is 1. The summed E-state index contributed by atoms with van der Waals surface area (Å²) in [5, 5.41) is 8.07. The van der Waals surface area contributed by atoms with Crippen molar-refractivity contribution < 1.29 is 14.6 Å². The maximum absolute atomic E-state index is 9.82. The number of aliphatic hydroxyl groups is 1. The molecule has 0 aromatic rings. The molecule has 0 fully saturated rings. The normalized spacial score (nSPS) is 8.35. The fourth-order valence-corrected chi connectivity index (χ4v) is 0.861. The van der Waals surface area contributed by atoms with Crippen LogP contribution in [0.1, 0.15) is 73.1 Å². The van der Waals surface area contributed by atoms with Crippen molar-refractivity contribution in [1.29, 1.82) is 0 Å². The lowest BCUT2D eigenvalue weighted by molar-refractivity contribution is -0.140. The first kappa shape index (κ1) is 21.7. The van der Waals surface area contributed by atoms with Crippen LogP contribution in [0.5, 0.6) is 0 Å². The van der Waals surface area contributed by atoms with Gasteiger partial charge in [-0.25, -0.2) is 0 Å². The minimum Gasteiger partial charge on any atom is -0.466 e. The van der Waals surface area contributed by atoms with Crippen molar-refractivity contribution in [2.75, 3.05) is 13.2 Å². The molecule has 0 heterocycles. The molecule has 0 unspecified atom stereocenters. The van der Waals surface area contributed by atoms with Gasteiger partial charge in [-0.15, -0.1) is 0 Å². The highest BCUT2D eigenvalue weighted by atomic mass is 16.5. The number of unbranched alkanes of at least 4 members (excludes halogenated alkanes) is 4. The Bertz CT molecular complexity index is 119. The monoisotopic (exact) mass is 248 g/mol. The third-order valence-corrected chi connectivity index (χ3v) is 1.82. The maximum atomic E-state index is 9.82. The van der Waals surface area contributed by atoms with Crippen LogP contribution in [0, 0.1) is 0 Å². The molecule has 17 heavy (non-hydrogen) atoms. The van der Waals surface area contributed by atoms with E-state index in [1.54, 1.807) is 6.92 Å². The topological polar surface area (TPSA) is 46.5 Å². The summed E-state index contributed by atoms with van der Waals surface area (Å²) in [6.07, 6.45) is 7.57. The maximum Gasteiger partial charge on any atom is 0.302 e. The van der Waals surface area contributed by atoms with E-state index in [2.05, 4.69) is 25.5 Å². The molecule has 0 aliphatic carbocycles. The largest absolute Gasteiger partial charge is 0.466 e. The van der Waals surface area contributed by atoms with Crippen LogP contribution in [0.15, 0.2) is 0 Å². The van der Waals surface area contributed by atoms with Crippen LogP contribution in [0.4, 0.5) is 0 Å². The number of hydrogen-bond donors (Lipinski definition) is 1. The van der Waals surface area contributed by atoms with E-state index in [4.69, 9.17) is 5.11 Å². The van der Waals surface area contributed by atoms with Gasteiger partial charge in [0.1, 0.15) is 0 Å². The van der Waals surface area contributed by atoms with Crippen LogP contribution in [0.2, 0.25) is 0 Å². The van der Waals surface area contributed by atoms with Gasteiger partial charge in [0.25, 0.3) is 0 Å². The van der Waals surface area contributed by atoms with Crippen molar-refractivity contribution in [3.8, 4) is 0 Å². The van der Waals surface area contributed by atoms with Gasteiger partial charge in [0.2, 0.25) is 0 Å². The van der Waals surface area contributed by atoms with Crippen LogP contribution in [-0.4, -0.2) is 24.3 Å². The van der Waals surface area contributed by atoms with Gasteiger partial charge in [0.05, 0.1) is 6.61 Å². The molecule has 0 radical (unpaired) electrons.